The maximum absolute atomic E-state index is 11.2. The van der Waals surface area contributed by atoms with E-state index >= 15 is 0 Å². The van der Waals surface area contributed by atoms with Gasteiger partial charge in [0.2, 0.25) is 0 Å². The lowest BCUT2D eigenvalue weighted by Crippen LogP contribution is -2.22. The molecule has 0 radical (unpaired) electrons. The number of nitrogens with zero attached hydrogens (tertiary/aromatic N) is 2. The first-order valence-electron chi connectivity index (χ1n) is 3.84. The van der Waals surface area contributed by atoms with E-state index in [9.17, 15) is 9.59 Å². The molecule has 0 bridgehead atoms. The van der Waals surface area contributed by atoms with Gasteiger partial charge in [0.1, 0.15) is 0 Å². The Labute approximate surface area is 74.9 Å². The Morgan fingerprint density at radius 1 is 1.69 bits per heavy atom. The van der Waals surface area contributed by atoms with Crippen LogP contribution in [0.2, 0.25) is 0 Å². The zero-order valence-corrected chi connectivity index (χ0v) is 7.48. The second-order valence-electron chi connectivity index (χ2n) is 2.39. The minimum atomic E-state index is -0.548. The summed E-state index contributed by atoms with van der Waals surface area (Å²) < 4.78 is 5.69. The first kappa shape index (κ1) is 9.44. The third-order valence-electron chi connectivity index (χ3n) is 1.59. The molecule has 0 unspecified atom stereocenters. The fourth-order valence-electron chi connectivity index (χ4n) is 0.901. The molecule has 0 aliphatic carbocycles. The monoisotopic (exact) mass is 182 g/mol. The fraction of sp³-hybridized carbons (Fsp3) is 0.375. The minimum Gasteiger partial charge on any atom is -0.465 e. The minimum absolute atomic E-state index is 0.178. The van der Waals surface area contributed by atoms with Crippen LogP contribution in [0.5, 0.6) is 0 Å². The van der Waals surface area contributed by atoms with Crippen LogP contribution >= 0.6 is 0 Å². The Morgan fingerprint density at radius 3 is 2.85 bits per heavy atom. The maximum atomic E-state index is 11.2. The van der Waals surface area contributed by atoms with Gasteiger partial charge in [-0.1, -0.05) is 0 Å². The molecule has 70 valence electrons. The van der Waals surface area contributed by atoms with Gasteiger partial charge in [0.25, 0.3) is 5.56 Å². The van der Waals surface area contributed by atoms with E-state index in [1.54, 1.807) is 6.92 Å². The Balaban J connectivity index is 3.10. The van der Waals surface area contributed by atoms with Crippen LogP contribution in [0.4, 0.5) is 0 Å². The molecule has 1 aromatic heterocycles. The number of ether oxygens (including phenoxy) is 1. The average molecular weight is 182 g/mol. The molecule has 0 saturated carbocycles. The summed E-state index contributed by atoms with van der Waals surface area (Å²) in [5.41, 5.74) is -0.123. The summed E-state index contributed by atoms with van der Waals surface area (Å²) in [6.45, 7) is 2.28. The summed E-state index contributed by atoms with van der Waals surface area (Å²) in [4.78, 5) is 22.1. The van der Waals surface area contributed by atoms with E-state index in [1.807, 2.05) is 0 Å². The normalized spacial score (nSPS) is 9.69. The standard InChI is InChI=1S/C8H10N2O3/c1-3-10-7(11)4-6(5-9-10)8(12)13-2/h4-5H,3H2,1-2H3. The van der Waals surface area contributed by atoms with Gasteiger partial charge in [-0.05, 0) is 6.92 Å². The number of aromatic nitrogens is 2. The molecule has 1 rings (SSSR count). The molecule has 0 atom stereocenters. The van der Waals surface area contributed by atoms with Crippen molar-refractivity contribution in [1.82, 2.24) is 9.78 Å². The average Bonchev–Trinajstić information content (AvgIpc) is 2.16. The van der Waals surface area contributed by atoms with Gasteiger partial charge in [-0.15, -0.1) is 0 Å². The molecule has 0 amide bonds. The molecule has 13 heavy (non-hydrogen) atoms. The fourth-order valence-corrected chi connectivity index (χ4v) is 0.901. The van der Waals surface area contributed by atoms with Crippen LogP contribution in [0.25, 0.3) is 0 Å². The van der Waals surface area contributed by atoms with Gasteiger partial charge >= 0.3 is 5.97 Å². The molecule has 0 N–H and O–H groups in total. The van der Waals surface area contributed by atoms with Crippen molar-refractivity contribution in [2.75, 3.05) is 7.11 Å². The SMILES string of the molecule is CCn1ncc(C(=O)OC)cc1=O. The molecule has 1 aromatic rings. The van der Waals surface area contributed by atoms with Gasteiger partial charge in [0.05, 0.1) is 18.9 Å². The van der Waals surface area contributed by atoms with Crippen molar-refractivity contribution < 1.29 is 9.53 Å². The highest BCUT2D eigenvalue weighted by molar-refractivity contribution is 5.88. The van der Waals surface area contributed by atoms with E-state index in [0.29, 0.717) is 6.54 Å². The lowest BCUT2D eigenvalue weighted by atomic mass is 10.3. The van der Waals surface area contributed by atoms with Crippen molar-refractivity contribution in [3.8, 4) is 0 Å². The zero-order valence-electron chi connectivity index (χ0n) is 7.48. The molecule has 5 nitrogen and oxygen atoms in total. The van der Waals surface area contributed by atoms with E-state index in [4.69, 9.17) is 0 Å². The van der Waals surface area contributed by atoms with Gasteiger partial charge in [-0.3, -0.25) is 4.79 Å². The highest BCUT2D eigenvalue weighted by atomic mass is 16.5. The number of methoxy groups -OCH3 is 1. The number of carbonyl (C=O) groups excluding carboxylic acids is 1. The van der Waals surface area contributed by atoms with Crippen molar-refractivity contribution in [1.29, 1.82) is 0 Å². The van der Waals surface area contributed by atoms with Gasteiger partial charge in [-0.2, -0.15) is 5.10 Å². The van der Waals surface area contributed by atoms with Gasteiger partial charge in [0.15, 0.2) is 0 Å². The molecule has 1 heterocycles. The Bertz CT molecular complexity index is 370. The number of aryl methyl sites for hydroxylation is 1. The summed E-state index contributed by atoms with van der Waals surface area (Å²) in [6, 6.07) is 1.21. The Hall–Kier alpha value is -1.65. The summed E-state index contributed by atoms with van der Waals surface area (Å²) in [5, 5.41) is 3.77. The molecule has 5 heteroatoms. The summed E-state index contributed by atoms with van der Waals surface area (Å²) in [5.74, 6) is -0.548. The topological polar surface area (TPSA) is 61.2 Å². The van der Waals surface area contributed by atoms with Gasteiger partial charge in [0, 0.05) is 12.6 Å². The lowest BCUT2D eigenvalue weighted by Gasteiger charge is -2.00. The van der Waals surface area contributed by atoms with Crippen LogP contribution in [0.15, 0.2) is 17.1 Å². The third-order valence-corrected chi connectivity index (χ3v) is 1.59. The molecule has 0 aliphatic rings. The van der Waals surface area contributed by atoms with Crippen LogP contribution in [0.3, 0.4) is 0 Å². The van der Waals surface area contributed by atoms with E-state index in [0.717, 1.165) is 0 Å². The lowest BCUT2D eigenvalue weighted by molar-refractivity contribution is 0.0599. The summed E-state index contributed by atoms with van der Waals surface area (Å²) in [7, 11) is 1.26. The number of carbonyl (C=O) groups is 1. The zero-order chi connectivity index (χ0) is 9.84. The quantitative estimate of drug-likeness (QED) is 0.606. The molecule has 0 aliphatic heterocycles. The maximum Gasteiger partial charge on any atom is 0.339 e. The number of hydrogen-bond donors (Lipinski definition) is 0. The van der Waals surface area contributed by atoms with Crippen molar-refractivity contribution in [2.24, 2.45) is 0 Å². The predicted molar refractivity (Wildman–Crippen MR) is 45.5 cm³/mol. The predicted octanol–water partition coefficient (Wildman–Crippen LogP) is 0.0498. The molecule has 0 aromatic carbocycles. The number of hydrogen-bond acceptors (Lipinski definition) is 4. The van der Waals surface area contributed by atoms with E-state index in [1.165, 1.54) is 24.1 Å². The third kappa shape index (κ3) is 1.93. The molecular weight excluding hydrogens is 172 g/mol. The molecular formula is C8H10N2O3. The van der Waals surface area contributed by atoms with Crippen LogP contribution < -0.4 is 5.56 Å². The van der Waals surface area contributed by atoms with Crippen LogP contribution in [-0.2, 0) is 11.3 Å². The van der Waals surface area contributed by atoms with Crippen molar-refractivity contribution in [2.45, 2.75) is 13.5 Å². The second-order valence-corrected chi connectivity index (χ2v) is 2.39. The first-order chi connectivity index (χ1) is 6.19. The van der Waals surface area contributed by atoms with Crippen molar-refractivity contribution in [3.63, 3.8) is 0 Å². The Morgan fingerprint density at radius 2 is 2.38 bits per heavy atom. The number of esters is 1. The Kier molecular flexibility index (Phi) is 2.79. The summed E-state index contributed by atoms with van der Waals surface area (Å²) in [6.07, 6.45) is 1.32. The van der Waals surface area contributed by atoms with Crippen LogP contribution in [0, 0.1) is 0 Å². The highest BCUT2D eigenvalue weighted by Gasteiger charge is 2.06. The molecule has 0 spiro atoms. The molecule has 0 saturated heterocycles. The van der Waals surface area contributed by atoms with Crippen LogP contribution in [0.1, 0.15) is 17.3 Å². The second kappa shape index (κ2) is 3.84. The van der Waals surface area contributed by atoms with E-state index < -0.39 is 5.97 Å². The summed E-state index contributed by atoms with van der Waals surface area (Å²) >= 11 is 0. The van der Waals surface area contributed by atoms with E-state index in [-0.39, 0.29) is 11.1 Å². The smallest absolute Gasteiger partial charge is 0.339 e. The molecule has 0 fully saturated rings. The largest absolute Gasteiger partial charge is 0.465 e. The van der Waals surface area contributed by atoms with Crippen LogP contribution in [-0.4, -0.2) is 22.9 Å². The van der Waals surface area contributed by atoms with Gasteiger partial charge < -0.3 is 4.74 Å². The van der Waals surface area contributed by atoms with Gasteiger partial charge in [-0.25, -0.2) is 9.48 Å². The van der Waals surface area contributed by atoms with Crippen molar-refractivity contribution in [3.05, 3.63) is 28.2 Å². The van der Waals surface area contributed by atoms with E-state index in [2.05, 4.69) is 9.84 Å². The first-order valence-corrected chi connectivity index (χ1v) is 3.84. The van der Waals surface area contributed by atoms with Crippen molar-refractivity contribution >= 4 is 5.97 Å². The number of rotatable bonds is 2. The highest BCUT2D eigenvalue weighted by Crippen LogP contribution is 1.93.